The molecule has 3 fully saturated rings. The predicted octanol–water partition coefficient (Wildman–Crippen LogP) is 7.93. The standard InChI is InChI=1S/C32H40ClN5S/c1-20-15-21(2)19-36(18-20)29-13-12-25(17-27(29)33)38-31(30(35-32(38)39)28-11-7-8-14-34-28)26-16-22(3)37(23(26)4)24-9-5-6-10-24/h7-8,11-14,16-17,20-21,24,30-31H,5-6,9-10,15,18-19H2,1-4H3,(H,35,39)/t20-,21-,30+,31-/m1/s1. The van der Waals surface area contributed by atoms with E-state index in [-0.39, 0.29) is 12.1 Å². The third kappa shape index (κ3) is 4.95. The second-order valence-electron chi connectivity index (χ2n) is 12.1. The Morgan fingerprint density at radius 2 is 1.74 bits per heavy atom. The molecule has 0 spiro atoms. The maximum Gasteiger partial charge on any atom is 0.174 e. The zero-order chi connectivity index (χ0) is 27.3. The number of piperidine rings is 1. The van der Waals surface area contributed by atoms with Crippen LogP contribution in [0.4, 0.5) is 11.4 Å². The van der Waals surface area contributed by atoms with Crippen LogP contribution < -0.4 is 15.1 Å². The van der Waals surface area contributed by atoms with Crippen LogP contribution in [-0.2, 0) is 0 Å². The number of thiocarbonyl (C=S) groups is 1. The molecule has 0 unspecified atom stereocenters. The lowest BCUT2D eigenvalue weighted by molar-refractivity contribution is 0.357. The number of rotatable bonds is 5. The largest absolute Gasteiger partial charge is 0.370 e. The van der Waals surface area contributed by atoms with Gasteiger partial charge in [0, 0.05) is 42.4 Å². The summed E-state index contributed by atoms with van der Waals surface area (Å²) in [5, 5.41) is 5.13. The van der Waals surface area contributed by atoms with E-state index in [1.807, 2.05) is 12.3 Å². The maximum atomic E-state index is 7.03. The molecule has 4 heterocycles. The summed E-state index contributed by atoms with van der Waals surface area (Å²) >= 11 is 13.1. The summed E-state index contributed by atoms with van der Waals surface area (Å²) in [7, 11) is 0. The first-order valence-electron chi connectivity index (χ1n) is 14.5. The molecule has 0 bridgehead atoms. The van der Waals surface area contributed by atoms with Gasteiger partial charge in [0.2, 0.25) is 0 Å². The molecule has 4 atom stereocenters. The highest BCUT2D eigenvalue weighted by atomic mass is 35.5. The van der Waals surface area contributed by atoms with E-state index >= 15 is 0 Å². The zero-order valence-electron chi connectivity index (χ0n) is 23.5. The van der Waals surface area contributed by atoms with Crippen LogP contribution in [0.5, 0.6) is 0 Å². The average molecular weight is 562 g/mol. The molecule has 1 saturated carbocycles. The van der Waals surface area contributed by atoms with Gasteiger partial charge in [-0.25, -0.2) is 0 Å². The molecule has 0 radical (unpaired) electrons. The van der Waals surface area contributed by atoms with Crippen LogP contribution in [0.2, 0.25) is 5.02 Å². The Balaban J connectivity index is 1.41. The van der Waals surface area contributed by atoms with Gasteiger partial charge < -0.3 is 19.7 Å². The first-order chi connectivity index (χ1) is 18.8. The van der Waals surface area contributed by atoms with E-state index < -0.39 is 0 Å². The summed E-state index contributed by atoms with van der Waals surface area (Å²) < 4.78 is 2.58. The molecule has 2 saturated heterocycles. The Morgan fingerprint density at radius 1 is 1.00 bits per heavy atom. The van der Waals surface area contributed by atoms with Crippen molar-refractivity contribution in [2.24, 2.45) is 11.8 Å². The van der Waals surface area contributed by atoms with E-state index in [0.29, 0.717) is 23.0 Å². The molecule has 5 nitrogen and oxygen atoms in total. The van der Waals surface area contributed by atoms with E-state index in [1.54, 1.807) is 0 Å². The van der Waals surface area contributed by atoms with Gasteiger partial charge in [-0.3, -0.25) is 4.98 Å². The Bertz CT molecular complexity index is 1340. The third-order valence-corrected chi connectivity index (χ3v) is 9.67. The minimum Gasteiger partial charge on any atom is -0.370 e. The molecular weight excluding hydrogens is 522 g/mol. The molecule has 2 aliphatic heterocycles. The van der Waals surface area contributed by atoms with Crippen LogP contribution in [0.15, 0.2) is 48.7 Å². The van der Waals surface area contributed by atoms with Crippen molar-refractivity contribution in [3.8, 4) is 0 Å². The van der Waals surface area contributed by atoms with Crippen molar-refractivity contribution in [3.63, 3.8) is 0 Å². The van der Waals surface area contributed by atoms with Gasteiger partial charge in [-0.05, 0) is 99.1 Å². The predicted molar refractivity (Wildman–Crippen MR) is 166 cm³/mol. The number of nitrogens with zero attached hydrogens (tertiary/aromatic N) is 4. The van der Waals surface area contributed by atoms with E-state index in [0.717, 1.165) is 35.2 Å². The summed E-state index contributed by atoms with van der Waals surface area (Å²) in [5.41, 5.74) is 7.11. The molecule has 0 amide bonds. The normalized spacial score (nSPS) is 25.9. The van der Waals surface area contributed by atoms with Crippen molar-refractivity contribution in [1.82, 2.24) is 14.9 Å². The molecular formula is C32H40ClN5S. The molecule has 2 aromatic heterocycles. The molecule has 1 aliphatic carbocycles. The Morgan fingerprint density at radius 3 is 2.41 bits per heavy atom. The van der Waals surface area contributed by atoms with Crippen molar-refractivity contribution in [2.45, 2.75) is 77.9 Å². The van der Waals surface area contributed by atoms with Gasteiger partial charge in [0.1, 0.15) is 0 Å². The van der Waals surface area contributed by atoms with Crippen LogP contribution in [-0.4, -0.2) is 27.8 Å². The number of anilines is 2. The summed E-state index contributed by atoms with van der Waals surface area (Å²) in [5.74, 6) is 1.33. The van der Waals surface area contributed by atoms with Gasteiger partial charge in [0.15, 0.2) is 5.11 Å². The van der Waals surface area contributed by atoms with Crippen LogP contribution in [0.3, 0.4) is 0 Å². The van der Waals surface area contributed by atoms with Crippen LogP contribution in [0.1, 0.15) is 86.7 Å². The zero-order valence-corrected chi connectivity index (χ0v) is 25.1. The molecule has 7 heteroatoms. The van der Waals surface area contributed by atoms with E-state index in [2.05, 4.69) is 83.8 Å². The highest BCUT2D eigenvalue weighted by Crippen LogP contribution is 2.46. The second-order valence-corrected chi connectivity index (χ2v) is 12.9. The van der Waals surface area contributed by atoms with Gasteiger partial charge in [-0.2, -0.15) is 0 Å². The molecule has 39 heavy (non-hydrogen) atoms. The quantitative estimate of drug-likeness (QED) is 0.320. The van der Waals surface area contributed by atoms with Gasteiger partial charge in [-0.1, -0.05) is 44.4 Å². The Labute approximate surface area is 243 Å². The van der Waals surface area contributed by atoms with Crippen molar-refractivity contribution >= 4 is 40.3 Å². The number of aryl methyl sites for hydroxylation is 1. The molecule has 3 aromatic rings. The minimum atomic E-state index is -0.0570. The fraction of sp³-hybridized carbons (Fsp3) is 0.500. The summed E-state index contributed by atoms with van der Waals surface area (Å²) in [6, 6.07) is 15.5. The SMILES string of the molecule is Cc1cc([C@@H]2[C@H](c3ccccn3)NC(=S)N2c2ccc(N3C[C@H](C)C[C@@H](C)C3)c(Cl)c2)c(C)n1C1CCCC1. The number of aromatic nitrogens is 2. The first-order valence-corrected chi connectivity index (χ1v) is 15.3. The minimum absolute atomic E-state index is 0.0225. The highest BCUT2D eigenvalue weighted by molar-refractivity contribution is 7.80. The lowest BCUT2D eigenvalue weighted by Gasteiger charge is -2.37. The smallest absolute Gasteiger partial charge is 0.174 e. The third-order valence-electron chi connectivity index (χ3n) is 9.05. The summed E-state index contributed by atoms with van der Waals surface area (Å²) in [6.45, 7) is 11.3. The topological polar surface area (TPSA) is 36.3 Å². The van der Waals surface area contributed by atoms with Crippen molar-refractivity contribution < 1.29 is 0 Å². The van der Waals surface area contributed by atoms with Crippen molar-refractivity contribution in [1.29, 1.82) is 0 Å². The van der Waals surface area contributed by atoms with Gasteiger partial charge in [0.05, 0.1) is 28.5 Å². The fourth-order valence-corrected chi connectivity index (χ4v) is 8.18. The van der Waals surface area contributed by atoms with Gasteiger partial charge in [-0.15, -0.1) is 0 Å². The highest BCUT2D eigenvalue weighted by Gasteiger charge is 2.43. The van der Waals surface area contributed by atoms with Crippen LogP contribution in [0, 0.1) is 25.7 Å². The average Bonchev–Trinajstić information content (AvgIpc) is 3.61. The first kappa shape index (κ1) is 26.6. The number of nitrogens with one attached hydrogen (secondary N) is 1. The van der Waals surface area contributed by atoms with E-state index in [9.17, 15) is 0 Å². The van der Waals surface area contributed by atoms with Crippen molar-refractivity contribution in [2.75, 3.05) is 22.9 Å². The monoisotopic (exact) mass is 561 g/mol. The number of hydrogen-bond acceptors (Lipinski definition) is 3. The number of halogens is 1. The lowest BCUT2D eigenvalue weighted by atomic mass is 9.91. The Kier molecular flexibility index (Phi) is 7.36. The molecule has 3 aliphatic rings. The number of pyridine rings is 1. The number of hydrogen-bond donors (Lipinski definition) is 1. The molecule has 1 N–H and O–H groups in total. The summed E-state index contributed by atoms with van der Waals surface area (Å²) in [6.07, 6.45) is 8.29. The van der Waals surface area contributed by atoms with Gasteiger partial charge >= 0.3 is 0 Å². The van der Waals surface area contributed by atoms with E-state index in [4.69, 9.17) is 28.8 Å². The number of benzene rings is 1. The molecule has 206 valence electrons. The lowest BCUT2D eigenvalue weighted by Crippen LogP contribution is -2.38. The van der Waals surface area contributed by atoms with Crippen LogP contribution >= 0.6 is 23.8 Å². The van der Waals surface area contributed by atoms with E-state index in [1.165, 1.54) is 49.1 Å². The van der Waals surface area contributed by atoms with Crippen LogP contribution in [0.25, 0.3) is 0 Å². The Hall–Kier alpha value is -2.57. The van der Waals surface area contributed by atoms with Crippen molar-refractivity contribution in [3.05, 3.63) is 76.3 Å². The second kappa shape index (κ2) is 10.8. The maximum absolute atomic E-state index is 7.03. The molecule has 1 aromatic carbocycles. The molecule has 6 rings (SSSR count). The fourth-order valence-electron chi connectivity index (χ4n) is 7.54. The van der Waals surface area contributed by atoms with Gasteiger partial charge in [0.25, 0.3) is 0 Å². The summed E-state index contributed by atoms with van der Waals surface area (Å²) in [4.78, 5) is 9.48.